The number of nitrogens with zero attached hydrogens (tertiary/aromatic N) is 6. The van der Waals surface area contributed by atoms with Gasteiger partial charge in [-0.3, -0.25) is 0 Å². The summed E-state index contributed by atoms with van der Waals surface area (Å²) in [6.07, 6.45) is 7.46. The van der Waals surface area contributed by atoms with Crippen LogP contribution in [0.2, 0.25) is 0 Å². The summed E-state index contributed by atoms with van der Waals surface area (Å²) in [7, 11) is 1.65. The lowest BCUT2D eigenvalue weighted by Gasteiger charge is -2.39. The predicted molar refractivity (Wildman–Crippen MR) is 132 cm³/mol. The van der Waals surface area contributed by atoms with E-state index in [4.69, 9.17) is 0 Å². The van der Waals surface area contributed by atoms with Gasteiger partial charge in [0, 0.05) is 51.8 Å². The minimum atomic E-state index is -3.72. The van der Waals surface area contributed by atoms with Gasteiger partial charge in [0.2, 0.25) is 0 Å². The van der Waals surface area contributed by atoms with Crippen LogP contribution in [0.1, 0.15) is 11.3 Å². The third-order valence-corrected chi connectivity index (χ3v) is 8.16. The molecule has 0 fully saturated rings. The Morgan fingerprint density at radius 3 is 2.38 bits per heavy atom. The van der Waals surface area contributed by atoms with Crippen LogP contribution < -0.4 is 4.90 Å². The summed E-state index contributed by atoms with van der Waals surface area (Å²) in [5, 5.41) is 0.0672. The van der Waals surface area contributed by atoms with Crippen LogP contribution in [-0.2, 0) is 37.1 Å². The van der Waals surface area contributed by atoms with Gasteiger partial charge < -0.3 is 14.0 Å². The van der Waals surface area contributed by atoms with E-state index in [1.165, 1.54) is 10.6 Å². The maximum atomic E-state index is 13.3. The highest BCUT2D eigenvalue weighted by molar-refractivity contribution is 7.89. The molecule has 2 aromatic carbocycles. The average Bonchev–Trinajstić information content (AvgIpc) is 3.46. The largest absolute Gasteiger partial charge is 0.364 e. The predicted octanol–water partition coefficient (Wildman–Crippen LogP) is 3.07. The standard InChI is InChI=1S/C25H28N6O2S/c1-28-13-22(26-17-28)14-31-15-23(30(3)34(32,33)25-16-29(2)18-27-25)12-21-11-20(9-10-24(21)31)19-7-5-4-6-8-19/h4-11,13,16-18,23H,12,14-15H2,1-3H3. The molecule has 9 heteroatoms. The molecule has 1 aliphatic rings. The second-order valence-corrected chi connectivity index (χ2v) is 10.8. The molecule has 2 aromatic heterocycles. The first-order chi connectivity index (χ1) is 16.3. The minimum absolute atomic E-state index is 0.0672. The minimum Gasteiger partial charge on any atom is -0.364 e. The van der Waals surface area contributed by atoms with Gasteiger partial charge in [-0.2, -0.15) is 4.31 Å². The number of likely N-dealkylation sites (N-methyl/N-ethyl adjacent to an activating group) is 1. The molecule has 3 heterocycles. The van der Waals surface area contributed by atoms with Crippen LogP contribution in [-0.4, -0.2) is 51.5 Å². The van der Waals surface area contributed by atoms with Gasteiger partial charge in [-0.15, -0.1) is 0 Å². The lowest BCUT2D eigenvalue weighted by Crippen LogP contribution is -2.49. The topological polar surface area (TPSA) is 76.3 Å². The Hall–Kier alpha value is -3.43. The molecule has 1 unspecified atom stereocenters. The monoisotopic (exact) mass is 476 g/mol. The van der Waals surface area contributed by atoms with Gasteiger partial charge in [-0.05, 0) is 35.2 Å². The van der Waals surface area contributed by atoms with Gasteiger partial charge in [0.1, 0.15) is 0 Å². The Labute approximate surface area is 200 Å². The van der Waals surface area contributed by atoms with E-state index in [1.54, 1.807) is 31.2 Å². The number of fused-ring (bicyclic) bond motifs is 1. The van der Waals surface area contributed by atoms with Crippen molar-refractivity contribution in [3.05, 3.63) is 84.8 Å². The maximum Gasteiger partial charge on any atom is 0.262 e. The molecule has 0 radical (unpaired) electrons. The summed E-state index contributed by atoms with van der Waals surface area (Å²) < 4.78 is 31.7. The van der Waals surface area contributed by atoms with Crippen molar-refractivity contribution >= 4 is 15.7 Å². The number of hydrogen-bond acceptors (Lipinski definition) is 5. The molecule has 8 nitrogen and oxygen atoms in total. The molecule has 176 valence electrons. The molecule has 1 atom stereocenters. The Kier molecular flexibility index (Phi) is 5.75. The molecule has 0 spiro atoms. The van der Waals surface area contributed by atoms with Gasteiger partial charge in [-0.25, -0.2) is 18.4 Å². The number of rotatable bonds is 6. The molecule has 5 rings (SSSR count). The SMILES string of the molecule is CN(C1Cc2cc(-c3ccccc3)ccc2N(Cc2cn(C)cn2)C1)S(=O)(=O)c1cn(C)cn1. The van der Waals surface area contributed by atoms with E-state index in [1.807, 2.05) is 36.0 Å². The quantitative estimate of drug-likeness (QED) is 0.428. The highest BCUT2D eigenvalue weighted by Crippen LogP contribution is 2.34. The fraction of sp³-hybridized carbons (Fsp3) is 0.280. The Bertz CT molecular complexity index is 1410. The first-order valence-corrected chi connectivity index (χ1v) is 12.6. The van der Waals surface area contributed by atoms with Crippen molar-refractivity contribution in [3.63, 3.8) is 0 Å². The van der Waals surface area contributed by atoms with Crippen LogP contribution in [0.15, 0.2) is 78.6 Å². The molecular weight excluding hydrogens is 448 g/mol. The molecule has 0 aliphatic carbocycles. The molecule has 0 N–H and O–H groups in total. The summed E-state index contributed by atoms with van der Waals surface area (Å²) in [6.45, 7) is 1.17. The van der Waals surface area contributed by atoms with E-state index in [0.717, 1.165) is 28.1 Å². The van der Waals surface area contributed by atoms with Crippen LogP contribution in [0, 0.1) is 0 Å². The van der Waals surface area contributed by atoms with Crippen molar-refractivity contribution in [2.75, 3.05) is 18.5 Å². The second-order valence-electron chi connectivity index (χ2n) is 8.88. The number of imidazole rings is 2. The van der Waals surface area contributed by atoms with Crippen molar-refractivity contribution in [1.82, 2.24) is 23.4 Å². The van der Waals surface area contributed by atoms with E-state index in [0.29, 0.717) is 19.5 Å². The van der Waals surface area contributed by atoms with Crippen LogP contribution >= 0.6 is 0 Å². The van der Waals surface area contributed by atoms with Crippen molar-refractivity contribution in [3.8, 4) is 11.1 Å². The fourth-order valence-electron chi connectivity index (χ4n) is 4.54. The van der Waals surface area contributed by atoms with E-state index in [9.17, 15) is 8.42 Å². The van der Waals surface area contributed by atoms with Crippen LogP contribution in [0.3, 0.4) is 0 Å². The number of aromatic nitrogens is 4. The van der Waals surface area contributed by atoms with Crippen LogP contribution in [0.5, 0.6) is 0 Å². The van der Waals surface area contributed by atoms with Crippen LogP contribution in [0.4, 0.5) is 5.69 Å². The lowest BCUT2D eigenvalue weighted by atomic mass is 9.93. The van der Waals surface area contributed by atoms with Crippen molar-refractivity contribution in [2.45, 2.75) is 24.0 Å². The average molecular weight is 477 g/mol. The molecule has 0 saturated carbocycles. The molecule has 0 saturated heterocycles. The highest BCUT2D eigenvalue weighted by Gasteiger charge is 2.35. The van der Waals surface area contributed by atoms with Crippen molar-refractivity contribution in [1.29, 1.82) is 0 Å². The van der Waals surface area contributed by atoms with E-state index < -0.39 is 10.0 Å². The normalized spacial score (nSPS) is 16.1. The number of sulfonamides is 1. The summed E-state index contributed by atoms with van der Waals surface area (Å²) in [5.74, 6) is 0. The Morgan fingerprint density at radius 1 is 0.971 bits per heavy atom. The molecule has 0 amide bonds. The van der Waals surface area contributed by atoms with Gasteiger partial charge in [0.05, 0.1) is 24.9 Å². The zero-order valence-corrected chi connectivity index (χ0v) is 20.4. The number of hydrogen-bond donors (Lipinski definition) is 0. The van der Waals surface area contributed by atoms with Crippen molar-refractivity contribution in [2.24, 2.45) is 14.1 Å². The van der Waals surface area contributed by atoms with Gasteiger partial charge >= 0.3 is 0 Å². The lowest BCUT2D eigenvalue weighted by molar-refractivity contribution is 0.353. The summed E-state index contributed by atoms with van der Waals surface area (Å²) in [6, 6.07) is 16.5. The highest BCUT2D eigenvalue weighted by atomic mass is 32.2. The third kappa shape index (κ3) is 4.24. The first kappa shape index (κ1) is 22.4. The second kappa shape index (κ2) is 8.73. The number of anilines is 1. The van der Waals surface area contributed by atoms with Crippen molar-refractivity contribution < 1.29 is 8.42 Å². The summed E-state index contributed by atoms with van der Waals surface area (Å²) in [4.78, 5) is 10.8. The molecule has 34 heavy (non-hydrogen) atoms. The maximum absolute atomic E-state index is 13.3. The van der Waals surface area contributed by atoms with Gasteiger partial charge in [0.15, 0.2) is 5.03 Å². The first-order valence-electron chi connectivity index (χ1n) is 11.2. The number of aryl methyl sites for hydroxylation is 2. The van der Waals surface area contributed by atoms with Gasteiger partial charge in [-0.1, -0.05) is 36.4 Å². The van der Waals surface area contributed by atoms with Crippen LogP contribution in [0.25, 0.3) is 11.1 Å². The summed E-state index contributed by atoms with van der Waals surface area (Å²) >= 11 is 0. The van der Waals surface area contributed by atoms with E-state index in [2.05, 4.69) is 45.2 Å². The van der Waals surface area contributed by atoms with E-state index >= 15 is 0 Å². The molecule has 4 aromatic rings. The Morgan fingerprint density at radius 2 is 1.71 bits per heavy atom. The molecule has 1 aliphatic heterocycles. The third-order valence-electron chi connectivity index (χ3n) is 6.36. The zero-order valence-electron chi connectivity index (χ0n) is 19.5. The van der Waals surface area contributed by atoms with E-state index in [-0.39, 0.29) is 11.1 Å². The molecular formula is C25H28N6O2S. The van der Waals surface area contributed by atoms with Gasteiger partial charge in [0.25, 0.3) is 10.0 Å². The zero-order chi connectivity index (χ0) is 23.9. The molecule has 0 bridgehead atoms. The fourth-order valence-corrected chi connectivity index (χ4v) is 5.85. The summed E-state index contributed by atoms with van der Waals surface area (Å²) in [5.41, 5.74) is 5.43. The Balaban J connectivity index is 1.51. The smallest absolute Gasteiger partial charge is 0.262 e. The number of benzene rings is 2.